The van der Waals surface area contributed by atoms with Gasteiger partial charge in [0.15, 0.2) is 0 Å². The molecule has 1 N–H and O–H groups in total. The first kappa shape index (κ1) is 17.6. The van der Waals surface area contributed by atoms with Gasteiger partial charge in [-0.25, -0.2) is 4.98 Å². The zero-order valence-corrected chi connectivity index (χ0v) is 15.4. The molecule has 0 bridgehead atoms. The van der Waals surface area contributed by atoms with Crippen LogP contribution in [0.5, 0.6) is 0 Å². The van der Waals surface area contributed by atoms with Crippen molar-refractivity contribution in [3.63, 3.8) is 0 Å². The number of hydrogen-bond acceptors (Lipinski definition) is 4. The van der Waals surface area contributed by atoms with Gasteiger partial charge >= 0.3 is 0 Å². The van der Waals surface area contributed by atoms with Gasteiger partial charge in [-0.05, 0) is 42.7 Å². The van der Waals surface area contributed by atoms with Crippen LogP contribution < -0.4 is 5.32 Å². The summed E-state index contributed by atoms with van der Waals surface area (Å²) in [6, 6.07) is 11.5. The van der Waals surface area contributed by atoms with Crippen LogP contribution in [0.1, 0.15) is 31.5 Å². The lowest BCUT2D eigenvalue weighted by molar-refractivity contribution is 0.0954. The van der Waals surface area contributed by atoms with E-state index in [4.69, 9.17) is 11.6 Å². The van der Waals surface area contributed by atoms with Crippen LogP contribution in [0.25, 0.3) is 0 Å². The number of nitrogens with zero attached hydrogens (tertiary/aromatic N) is 2. The lowest BCUT2D eigenvalue weighted by Gasteiger charge is -2.05. The molecule has 0 radical (unpaired) electrons. The van der Waals surface area contributed by atoms with Crippen molar-refractivity contribution in [1.29, 1.82) is 0 Å². The van der Waals surface area contributed by atoms with Gasteiger partial charge in [0.2, 0.25) is 0 Å². The molecule has 4 nitrogen and oxygen atoms in total. The van der Waals surface area contributed by atoms with Gasteiger partial charge in [0.1, 0.15) is 4.88 Å². The van der Waals surface area contributed by atoms with E-state index in [1.807, 2.05) is 43.3 Å². The van der Waals surface area contributed by atoms with Gasteiger partial charge in [-0.1, -0.05) is 29.8 Å². The summed E-state index contributed by atoms with van der Waals surface area (Å²) >= 11 is 7.58. The van der Waals surface area contributed by atoms with Crippen molar-refractivity contribution >= 4 is 28.8 Å². The largest absolute Gasteiger partial charge is 0.347 e. The Bertz CT molecular complexity index is 864. The second-order valence-electron chi connectivity index (χ2n) is 5.65. The van der Waals surface area contributed by atoms with E-state index < -0.39 is 0 Å². The summed E-state index contributed by atoms with van der Waals surface area (Å²) in [4.78, 5) is 21.7. The van der Waals surface area contributed by atoms with E-state index in [9.17, 15) is 4.79 Å². The Morgan fingerprint density at radius 1 is 1.16 bits per heavy atom. The molecule has 3 rings (SSSR count). The summed E-state index contributed by atoms with van der Waals surface area (Å²) in [5.74, 6) is -0.106. The number of nitrogens with one attached hydrogen (secondary N) is 1. The van der Waals surface area contributed by atoms with Gasteiger partial charge in [-0.2, -0.15) is 0 Å². The molecule has 0 spiro atoms. The van der Waals surface area contributed by atoms with Crippen molar-refractivity contribution in [2.45, 2.75) is 26.3 Å². The number of aromatic nitrogens is 2. The van der Waals surface area contributed by atoms with E-state index in [1.165, 1.54) is 16.9 Å². The lowest BCUT2D eigenvalue weighted by atomic mass is 10.1. The monoisotopic (exact) mass is 371 g/mol. The standard InChI is InChI=1S/C19H18ClN3OS/c1-13-18(19(24)22-12-15-4-2-3-5-16(15)20)25-17(23-13)7-6-14-8-10-21-11-9-14/h2-5,8-11H,6-7,12H2,1H3,(H,22,24). The van der Waals surface area contributed by atoms with E-state index >= 15 is 0 Å². The molecule has 25 heavy (non-hydrogen) atoms. The smallest absolute Gasteiger partial charge is 0.263 e. The van der Waals surface area contributed by atoms with Gasteiger partial charge < -0.3 is 5.32 Å². The molecule has 6 heteroatoms. The van der Waals surface area contributed by atoms with Crippen LogP contribution in [0.3, 0.4) is 0 Å². The van der Waals surface area contributed by atoms with E-state index in [0.717, 1.165) is 29.1 Å². The Kier molecular flexibility index (Phi) is 5.79. The van der Waals surface area contributed by atoms with Crippen LogP contribution in [0.2, 0.25) is 5.02 Å². The number of halogens is 1. The fraction of sp³-hybridized carbons (Fsp3) is 0.211. The maximum absolute atomic E-state index is 12.4. The fourth-order valence-corrected chi connectivity index (χ4v) is 3.65. The molecule has 2 aromatic heterocycles. The molecule has 0 atom stereocenters. The minimum absolute atomic E-state index is 0.106. The fourth-order valence-electron chi connectivity index (χ4n) is 2.47. The van der Waals surface area contributed by atoms with Crippen LogP contribution in [-0.4, -0.2) is 15.9 Å². The van der Waals surface area contributed by atoms with Gasteiger partial charge in [-0.3, -0.25) is 9.78 Å². The van der Waals surface area contributed by atoms with Crippen molar-refractivity contribution in [2.75, 3.05) is 0 Å². The Labute approximate surface area is 155 Å². The van der Waals surface area contributed by atoms with E-state index in [-0.39, 0.29) is 5.91 Å². The second kappa shape index (κ2) is 8.23. The maximum atomic E-state index is 12.4. The predicted molar refractivity (Wildman–Crippen MR) is 101 cm³/mol. The third kappa shape index (κ3) is 4.65. The highest BCUT2D eigenvalue weighted by molar-refractivity contribution is 7.13. The molecule has 0 fully saturated rings. The molecule has 0 unspecified atom stereocenters. The minimum Gasteiger partial charge on any atom is -0.347 e. The Morgan fingerprint density at radius 2 is 1.92 bits per heavy atom. The average molecular weight is 372 g/mol. The summed E-state index contributed by atoms with van der Waals surface area (Å²) in [5.41, 5.74) is 2.89. The molecule has 0 saturated heterocycles. The number of rotatable bonds is 6. The highest BCUT2D eigenvalue weighted by Crippen LogP contribution is 2.20. The number of amides is 1. The summed E-state index contributed by atoms with van der Waals surface area (Å²) in [5, 5.41) is 4.55. The third-order valence-electron chi connectivity index (χ3n) is 3.82. The second-order valence-corrected chi connectivity index (χ2v) is 7.14. The lowest BCUT2D eigenvalue weighted by Crippen LogP contribution is -2.22. The molecule has 3 aromatic rings. The molecule has 0 saturated carbocycles. The maximum Gasteiger partial charge on any atom is 0.263 e. The number of thiazole rings is 1. The predicted octanol–water partition coefficient (Wildman–Crippen LogP) is 4.22. The quantitative estimate of drug-likeness (QED) is 0.706. The van der Waals surface area contributed by atoms with Crippen molar-refractivity contribution in [3.8, 4) is 0 Å². The van der Waals surface area contributed by atoms with Crippen molar-refractivity contribution in [2.24, 2.45) is 0 Å². The summed E-state index contributed by atoms with van der Waals surface area (Å²) in [7, 11) is 0. The number of hydrogen-bond donors (Lipinski definition) is 1. The van der Waals surface area contributed by atoms with Gasteiger partial charge in [0.25, 0.3) is 5.91 Å². The summed E-state index contributed by atoms with van der Waals surface area (Å²) in [6.45, 7) is 2.28. The molecular formula is C19H18ClN3OS. The molecule has 1 amide bonds. The molecule has 0 aliphatic carbocycles. The molecule has 0 aliphatic rings. The number of benzene rings is 1. The Morgan fingerprint density at radius 3 is 2.68 bits per heavy atom. The van der Waals surface area contributed by atoms with Crippen LogP contribution >= 0.6 is 22.9 Å². The Balaban J connectivity index is 1.61. The molecule has 1 aromatic carbocycles. The third-order valence-corrected chi connectivity index (χ3v) is 5.41. The molecule has 128 valence electrons. The van der Waals surface area contributed by atoms with Gasteiger partial charge in [0.05, 0.1) is 10.7 Å². The van der Waals surface area contributed by atoms with E-state index in [2.05, 4.69) is 15.3 Å². The number of carbonyl (C=O) groups excluding carboxylic acids is 1. The summed E-state index contributed by atoms with van der Waals surface area (Å²) < 4.78 is 0. The van der Waals surface area contributed by atoms with E-state index in [0.29, 0.717) is 16.4 Å². The van der Waals surface area contributed by atoms with Gasteiger partial charge in [-0.15, -0.1) is 11.3 Å². The topological polar surface area (TPSA) is 54.9 Å². The first-order chi connectivity index (χ1) is 12.1. The molecule has 0 aliphatic heterocycles. The average Bonchev–Trinajstić information content (AvgIpc) is 3.01. The number of carbonyl (C=O) groups is 1. The van der Waals surface area contributed by atoms with Crippen molar-refractivity contribution in [3.05, 3.63) is 80.5 Å². The van der Waals surface area contributed by atoms with Gasteiger partial charge in [0, 0.05) is 30.4 Å². The zero-order valence-electron chi connectivity index (χ0n) is 13.8. The summed E-state index contributed by atoms with van der Waals surface area (Å²) in [6.07, 6.45) is 5.27. The highest BCUT2D eigenvalue weighted by Gasteiger charge is 2.15. The van der Waals surface area contributed by atoms with Crippen LogP contribution in [0.4, 0.5) is 0 Å². The van der Waals surface area contributed by atoms with Crippen molar-refractivity contribution in [1.82, 2.24) is 15.3 Å². The Hall–Kier alpha value is -2.24. The highest BCUT2D eigenvalue weighted by atomic mass is 35.5. The van der Waals surface area contributed by atoms with E-state index in [1.54, 1.807) is 12.4 Å². The SMILES string of the molecule is Cc1nc(CCc2ccncc2)sc1C(=O)NCc1ccccc1Cl. The zero-order chi connectivity index (χ0) is 17.6. The minimum atomic E-state index is -0.106. The van der Waals surface area contributed by atoms with Crippen LogP contribution in [0.15, 0.2) is 48.8 Å². The van der Waals surface area contributed by atoms with Crippen molar-refractivity contribution < 1.29 is 4.79 Å². The number of aryl methyl sites for hydroxylation is 3. The van der Waals surface area contributed by atoms with Crippen LogP contribution in [0, 0.1) is 6.92 Å². The molecule has 2 heterocycles. The molecular weight excluding hydrogens is 354 g/mol. The normalized spacial score (nSPS) is 10.6. The first-order valence-corrected chi connectivity index (χ1v) is 9.20. The first-order valence-electron chi connectivity index (χ1n) is 8.00. The number of pyridine rings is 1. The van der Waals surface area contributed by atoms with Crippen LogP contribution in [-0.2, 0) is 19.4 Å².